The van der Waals surface area contributed by atoms with Gasteiger partial charge < -0.3 is 0 Å². The quantitative estimate of drug-likeness (QED) is 0.131. The second kappa shape index (κ2) is 21.9. The van der Waals surface area contributed by atoms with E-state index in [1.807, 2.05) is 6.92 Å². The first-order valence-electron chi connectivity index (χ1n) is 11.9. The van der Waals surface area contributed by atoms with Crippen LogP contribution in [-0.4, -0.2) is 10.8 Å². The molecule has 0 saturated carbocycles. The molecular weight excluding hydrogens is 359 g/mol. The molecule has 26 heavy (non-hydrogen) atoms. The lowest BCUT2D eigenvalue weighted by molar-refractivity contribution is 0.521. The maximum atomic E-state index is 6.27. The highest BCUT2D eigenvalue weighted by Gasteiger charge is 2.07. The highest BCUT2D eigenvalue weighted by atomic mass is 35.5. The molecule has 0 aliphatic carbocycles. The van der Waals surface area contributed by atoms with Crippen LogP contribution in [-0.2, 0) is 0 Å². The Morgan fingerprint density at radius 2 is 0.808 bits per heavy atom. The van der Waals surface area contributed by atoms with Gasteiger partial charge in [-0.05, 0) is 19.8 Å². The number of hydrogen-bond donors (Lipinski definition) is 0. The molecule has 2 atom stereocenters. The Morgan fingerprint density at radius 1 is 0.500 bits per heavy atom. The Labute approximate surface area is 176 Å². The molecule has 0 radical (unpaired) electrons. The van der Waals surface area contributed by atoms with Crippen LogP contribution in [0.1, 0.15) is 142 Å². The lowest BCUT2D eigenvalue weighted by Crippen LogP contribution is -2.05. The van der Waals surface area contributed by atoms with Gasteiger partial charge in [-0.25, -0.2) is 0 Å². The van der Waals surface area contributed by atoms with Crippen molar-refractivity contribution in [1.29, 1.82) is 0 Å². The summed E-state index contributed by atoms with van der Waals surface area (Å²) in [6.45, 7) is 4.33. The Hall–Kier alpha value is 0.580. The van der Waals surface area contributed by atoms with Crippen molar-refractivity contribution >= 4 is 23.2 Å². The molecule has 0 N–H and O–H groups in total. The van der Waals surface area contributed by atoms with E-state index in [1.54, 1.807) is 0 Å². The van der Waals surface area contributed by atoms with E-state index in [0.29, 0.717) is 0 Å². The summed E-state index contributed by atoms with van der Waals surface area (Å²) in [5, 5.41) is 0.497. The maximum absolute atomic E-state index is 6.27. The number of alkyl halides is 2. The zero-order valence-corrected chi connectivity index (χ0v) is 19.6. The first-order valence-corrected chi connectivity index (χ1v) is 12.8. The SMILES string of the molecule is CCCCCCCCCCCCCCCCCCCCC(Cl)CC(C)Cl. The number of hydrogen-bond acceptors (Lipinski definition) is 0. The van der Waals surface area contributed by atoms with Gasteiger partial charge in [-0.2, -0.15) is 0 Å². The minimum atomic E-state index is 0.216. The van der Waals surface area contributed by atoms with Crippen molar-refractivity contribution in [3.05, 3.63) is 0 Å². The summed E-state index contributed by atoms with van der Waals surface area (Å²) in [4.78, 5) is 0. The van der Waals surface area contributed by atoms with Gasteiger partial charge >= 0.3 is 0 Å². The van der Waals surface area contributed by atoms with Crippen molar-refractivity contribution in [3.63, 3.8) is 0 Å². The van der Waals surface area contributed by atoms with E-state index < -0.39 is 0 Å². The molecule has 0 aliphatic rings. The number of rotatable bonds is 21. The third-order valence-electron chi connectivity index (χ3n) is 5.45. The van der Waals surface area contributed by atoms with E-state index in [0.717, 1.165) is 12.8 Å². The van der Waals surface area contributed by atoms with Gasteiger partial charge in [-0.3, -0.25) is 0 Å². The molecule has 0 bridgehead atoms. The topological polar surface area (TPSA) is 0 Å². The van der Waals surface area contributed by atoms with Gasteiger partial charge in [-0.15, -0.1) is 23.2 Å². The average molecular weight is 408 g/mol. The first kappa shape index (κ1) is 26.6. The minimum absolute atomic E-state index is 0.216. The third kappa shape index (κ3) is 22.6. The van der Waals surface area contributed by atoms with Crippen LogP contribution >= 0.6 is 23.2 Å². The second-order valence-corrected chi connectivity index (χ2v) is 9.78. The molecule has 0 aromatic heterocycles. The van der Waals surface area contributed by atoms with Gasteiger partial charge in [-0.1, -0.05) is 122 Å². The second-order valence-electron chi connectivity index (χ2n) is 8.41. The normalized spacial score (nSPS) is 13.8. The van der Waals surface area contributed by atoms with Crippen LogP contribution in [0.4, 0.5) is 0 Å². The maximum Gasteiger partial charge on any atom is 0.0350 e. The Kier molecular flexibility index (Phi) is 22.4. The van der Waals surface area contributed by atoms with Crippen molar-refractivity contribution in [2.75, 3.05) is 0 Å². The largest absolute Gasteiger partial charge is 0.123 e. The molecule has 0 aromatic rings. The van der Waals surface area contributed by atoms with Gasteiger partial charge in [0.15, 0.2) is 0 Å². The number of halogens is 2. The fraction of sp³-hybridized carbons (Fsp3) is 1.00. The molecule has 0 rings (SSSR count). The fourth-order valence-electron chi connectivity index (χ4n) is 3.74. The summed E-state index contributed by atoms with van der Waals surface area (Å²) in [6, 6.07) is 0. The van der Waals surface area contributed by atoms with Gasteiger partial charge in [0, 0.05) is 10.8 Å². The summed E-state index contributed by atoms with van der Waals surface area (Å²) in [5.41, 5.74) is 0. The standard InChI is InChI=1S/C24H48Cl2/c1-3-4-5-6-7-8-9-10-11-12-13-14-15-16-17-18-19-20-21-24(26)22-23(2)25/h23-24H,3-22H2,1-2H3. The molecule has 0 heterocycles. The first-order chi connectivity index (χ1) is 12.7. The predicted octanol–water partition coefficient (Wildman–Crippen LogP) is 10.0. The smallest absolute Gasteiger partial charge is 0.0350 e. The van der Waals surface area contributed by atoms with Crippen LogP contribution in [0.15, 0.2) is 0 Å². The minimum Gasteiger partial charge on any atom is -0.123 e. The van der Waals surface area contributed by atoms with Crippen molar-refractivity contribution in [2.45, 2.75) is 153 Å². The van der Waals surface area contributed by atoms with E-state index in [-0.39, 0.29) is 10.8 Å². The molecule has 2 unspecified atom stereocenters. The van der Waals surface area contributed by atoms with Gasteiger partial charge in [0.2, 0.25) is 0 Å². The molecule has 0 aromatic carbocycles. The van der Waals surface area contributed by atoms with Crippen LogP contribution in [0.25, 0.3) is 0 Å². The average Bonchev–Trinajstić information content (AvgIpc) is 2.60. The van der Waals surface area contributed by atoms with Gasteiger partial charge in [0.25, 0.3) is 0 Å². The Balaban J connectivity index is 3.05. The third-order valence-corrected chi connectivity index (χ3v) is 6.03. The van der Waals surface area contributed by atoms with E-state index in [4.69, 9.17) is 23.2 Å². The highest BCUT2D eigenvalue weighted by molar-refractivity contribution is 6.23. The molecule has 0 spiro atoms. The van der Waals surface area contributed by atoms with Crippen LogP contribution in [0.2, 0.25) is 0 Å². The van der Waals surface area contributed by atoms with Crippen LogP contribution in [0, 0.1) is 0 Å². The molecule has 0 nitrogen and oxygen atoms in total. The lowest BCUT2D eigenvalue weighted by Gasteiger charge is -2.10. The lowest BCUT2D eigenvalue weighted by atomic mass is 10.0. The van der Waals surface area contributed by atoms with Crippen molar-refractivity contribution in [2.24, 2.45) is 0 Å². The van der Waals surface area contributed by atoms with Crippen LogP contribution < -0.4 is 0 Å². The van der Waals surface area contributed by atoms with Crippen molar-refractivity contribution < 1.29 is 0 Å². The Morgan fingerprint density at radius 3 is 1.12 bits per heavy atom. The molecule has 158 valence electrons. The van der Waals surface area contributed by atoms with Crippen molar-refractivity contribution in [3.8, 4) is 0 Å². The summed E-state index contributed by atoms with van der Waals surface area (Å²) in [7, 11) is 0. The number of unbranched alkanes of at least 4 members (excludes halogenated alkanes) is 17. The molecule has 0 amide bonds. The molecule has 2 heteroatoms. The zero-order chi connectivity index (χ0) is 19.3. The van der Waals surface area contributed by atoms with E-state index >= 15 is 0 Å². The monoisotopic (exact) mass is 406 g/mol. The van der Waals surface area contributed by atoms with Gasteiger partial charge in [0.05, 0.1) is 0 Å². The van der Waals surface area contributed by atoms with E-state index in [9.17, 15) is 0 Å². The van der Waals surface area contributed by atoms with E-state index in [1.165, 1.54) is 116 Å². The highest BCUT2D eigenvalue weighted by Crippen LogP contribution is 2.18. The molecule has 0 saturated heterocycles. The Bertz CT molecular complexity index is 253. The predicted molar refractivity (Wildman–Crippen MR) is 123 cm³/mol. The molecular formula is C24H48Cl2. The molecule has 0 fully saturated rings. The summed E-state index contributed by atoms with van der Waals surface area (Å²) in [5.74, 6) is 0. The molecule has 0 aliphatic heterocycles. The van der Waals surface area contributed by atoms with Gasteiger partial charge in [0.1, 0.15) is 0 Å². The summed E-state index contributed by atoms with van der Waals surface area (Å²) < 4.78 is 0. The van der Waals surface area contributed by atoms with Crippen molar-refractivity contribution in [1.82, 2.24) is 0 Å². The zero-order valence-electron chi connectivity index (χ0n) is 18.1. The van der Waals surface area contributed by atoms with Crippen LogP contribution in [0.3, 0.4) is 0 Å². The summed E-state index contributed by atoms with van der Waals surface area (Å²) >= 11 is 12.2. The fourth-order valence-corrected chi connectivity index (χ4v) is 4.47. The van der Waals surface area contributed by atoms with Crippen LogP contribution in [0.5, 0.6) is 0 Å². The summed E-state index contributed by atoms with van der Waals surface area (Å²) in [6.07, 6.45) is 27.8. The van der Waals surface area contributed by atoms with E-state index in [2.05, 4.69) is 6.92 Å².